The van der Waals surface area contributed by atoms with Crippen molar-refractivity contribution >= 4 is 28.7 Å². The number of piperidine rings is 1. The van der Waals surface area contributed by atoms with Gasteiger partial charge in [-0.1, -0.05) is 78.9 Å². The van der Waals surface area contributed by atoms with E-state index in [1.807, 2.05) is 51.1 Å². The third kappa shape index (κ3) is 8.92. The quantitative estimate of drug-likeness (QED) is 0.222. The zero-order valence-corrected chi connectivity index (χ0v) is 26.1. The van der Waals surface area contributed by atoms with Gasteiger partial charge in [0.25, 0.3) is 5.91 Å². The number of nitrogens with one attached hydrogen (secondary N) is 2. The number of rotatable bonds is 8. The van der Waals surface area contributed by atoms with Crippen LogP contribution in [0.15, 0.2) is 97.1 Å². The van der Waals surface area contributed by atoms with Crippen molar-refractivity contribution in [3.05, 3.63) is 119 Å². The molecule has 0 spiro atoms. The molecule has 4 aromatic rings. The number of likely N-dealkylation sites (tertiary alicyclic amines) is 1. The zero-order chi connectivity index (χ0) is 31.8. The Hall–Kier alpha value is -4.69. The van der Waals surface area contributed by atoms with Crippen molar-refractivity contribution in [3.63, 3.8) is 0 Å². The molecule has 0 saturated carbocycles. The molecule has 1 saturated heterocycles. The minimum atomic E-state index is -0.574. The van der Waals surface area contributed by atoms with E-state index in [-0.39, 0.29) is 36.4 Å². The van der Waals surface area contributed by atoms with E-state index in [4.69, 9.17) is 9.47 Å². The number of hydrazine groups is 1. The van der Waals surface area contributed by atoms with Crippen molar-refractivity contribution in [3.8, 4) is 0 Å². The van der Waals surface area contributed by atoms with Crippen molar-refractivity contribution in [2.75, 3.05) is 13.1 Å². The van der Waals surface area contributed by atoms with Crippen LogP contribution in [-0.2, 0) is 27.3 Å². The van der Waals surface area contributed by atoms with Gasteiger partial charge in [0.2, 0.25) is 5.91 Å². The number of fused-ring (bicyclic) bond motifs is 1. The average molecular weight is 608 g/mol. The highest BCUT2D eigenvalue weighted by Gasteiger charge is 2.35. The van der Waals surface area contributed by atoms with Crippen molar-refractivity contribution in [2.24, 2.45) is 0 Å². The molecule has 4 aromatic carbocycles. The number of amides is 3. The van der Waals surface area contributed by atoms with Gasteiger partial charge in [0.15, 0.2) is 0 Å². The van der Waals surface area contributed by atoms with Gasteiger partial charge < -0.3 is 14.4 Å². The van der Waals surface area contributed by atoms with Gasteiger partial charge in [-0.15, -0.1) is 0 Å². The molecule has 45 heavy (non-hydrogen) atoms. The summed E-state index contributed by atoms with van der Waals surface area (Å²) in [5.74, 6) is -0.530. The first-order valence-electron chi connectivity index (χ1n) is 15.4. The second-order valence-corrected chi connectivity index (χ2v) is 12.5. The van der Waals surface area contributed by atoms with Crippen molar-refractivity contribution in [1.82, 2.24) is 15.8 Å². The van der Waals surface area contributed by atoms with E-state index < -0.39 is 5.60 Å². The first kappa shape index (κ1) is 31.7. The summed E-state index contributed by atoms with van der Waals surface area (Å²) in [6.45, 7) is 7.06. The molecule has 0 radical (unpaired) electrons. The lowest BCUT2D eigenvalue weighted by molar-refractivity contribution is -0.121. The van der Waals surface area contributed by atoms with Crippen LogP contribution in [0.25, 0.3) is 10.8 Å². The number of nitrogens with zero attached hydrogens (tertiary/aromatic N) is 1. The Bertz CT molecular complexity index is 1610. The molecule has 8 heteroatoms. The molecule has 0 aromatic heterocycles. The Morgan fingerprint density at radius 2 is 1.51 bits per heavy atom. The van der Waals surface area contributed by atoms with Crippen LogP contribution in [0.4, 0.5) is 4.79 Å². The molecule has 5 rings (SSSR count). The maximum Gasteiger partial charge on any atom is 0.410 e. The standard InChI is InChI=1S/C37H41N3O5/c1-37(2,3)45-36(43)40-22-21-32(33(24-40)44-25-27-15-17-28-9-7-8-12-31(28)23-27)29-18-13-26(14-19-29)16-20-34(41)38-39-35(42)30-10-5-4-6-11-30/h4-15,17-19,23,32-33H,16,20-22,24-25H2,1-3H3,(H,38,41)(H,39,42). The Kier molecular flexibility index (Phi) is 10.1. The molecule has 8 nitrogen and oxygen atoms in total. The Labute approximate surface area is 264 Å². The molecular formula is C37H41N3O5. The SMILES string of the molecule is CC(C)(C)OC(=O)N1CCC(c2ccc(CCC(=O)NNC(=O)c3ccccc3)cc2)C(OCc2ccc3ccccc3c2)C1. The largest absolute Gasteiger partial charge is 0.444 e. The minimum Gasteiger partial charge on any atom is -0.444 e. The predicted molar refractivity (Wildman–Crippen MR) is 175 cm³/mol. The third-order valence-electron chi connectivity index (χ3n) is 7.89. The van der Waals surface area contributed by atoms with Gasteiger partial charge in [0.1, 0.15) is 5.60 Å². The summed E-state index contributed by atoms with van der Waals surface area (Å²) in [4.78, 5) is 39.2. The number of benzene rings is 4. The lowest BCUT2D eigenvalue weighted by atomic mass is 9.86. The summed E-state index contributed by atoms with van der Waals surface area (Å²) in [6, 6.07) is 31.6. The Balaban J connectivity index is 1.21. The van der Waals surface area contributed by atoms with Crippen LogP contribution in [-0.4, -0.2) is 47.6 Å². The van der Waals surface area contributed by atoms with E-state index in [9.17, 15) is 14.4 Å². The molecule has 0 bridgehead atoms. The normalized spacial score (nSPS) is 16.6. The number of carbonyl (C=O) groups excluding carboxylic acids is 3. The molecule has 1 aliphatic rings. The lowest BCUT2D eigenvalue weighted by Gasteiger charge is -2.39. The summed E-state index contributed by atoms with van der Waals surface area (Å²) >= 11 is 0. The van der Waals surface area contributed by atoms with E-state index in [0.29, 0.717) is 31.7 Å². The Morgan fingerprint density at radius 3 is 2.24 bits per heavy atom. The number of hydrogen-bond acceptors (Lipinski definition) is 5. The Morgan fingerprint density at radius 1 is 0.822 bits per heavy atom. The molecule has 1 fully saturated rings. The van der Waals surface area contributed by atoms with E-state index in [1.165, 1.54) is 5.39 Å². The van der Waals surface area contributed by atoms with Gasteiger partial charge in [0, 0.05) is 24.4 Å². The average Bonchev–Trinajstić information content (AvgIpc) is 3.05. The lowest BCUT2D eigenvalue weighted by Crippen LogP contribution is -2.48. The van der Waals surface area contributed by atoms with E-state index in [0.717, 1.165) is 28.5 Å². The van der Waals surface area contributed by atoms with Crippen LogP contribution in [0.5, 0.6) is 0 Å². The van der Waals surface area contributed by atoms with Crippen LogP contribution >= 0.6 is 0 Å². The van der Waals surface area contributed by atoms with Gasteiger partial charge in [-0.25, -0.2) is 4.79 Å². The summed E-state index contributed by atoms with van der Waals surface area (Å²) in [6.07, 6.45) is 0.966. The smallest absolute Gasteiger partial charge is 0.410 e. The van der Waals surface area contributed by atoms with Gasteiger partial charge >= 0.3 is 6.09 Å². The first-order valence-corrected chi connectivity index (χ1v) is 15.4. The highest BCUT2D eigenvalue weighted by Crippen LogP contribution is 2.32. The number of hydrogen-bond donors (Lipinski definition) is 2. The van der Waals surface area contributed by atoms with Gasteiger partial charge in [0.05, 0.1) is 19.3 Å². The molecule has 2 atom stereocenters. The fraction of sp³-hybridized carbons (Fsp3) is 0.324. The molecule has 2 unspecified atom stereocenters. The van der Waals surface area contributed by atoms with Crippen molar-refractivity contribution < 1.29 is 23.9 Å². The first-order chi connectivity index (χ1) is 21.6. The molecule has 1 aliphatic heterocycles. The second-order valence-electron chi connectivity index (χ2n) is 12.5. The molecule has 234 valence electrons. The number of ether oxygens (including phenoxy) is 2. The van der Waals surface area contributed by atoms with Crippen LogP contribution in [0.3, 0.4) is 0 Å². The van der Waals surface area contributed by atoms with Crippen molar-refractivity contribution in [2.45, 2.75) is 64.3 Å². The van der Waals surface area contributed by atoms with E-state index >= 15 is 0 Å². The van der Waals surface area contributed by atoms with Crippen LogP contribution in [0.1, 0.15) is 66.6 Å². The highest BCUT2D eigenvalue weighted by molar-refractivity contribution is 5.95. The maximum atomic E-state index is 12.9. The van der Waals surface area contributed by atoms with Crippen LogP contribution < -0.4 is 10.9 Å². The zero-order valence-electron chi connectivity index (χ0n) is 26.1. The third-order valence-corrected chi connectivity index (χ3v) is 7.89. The fourth-order valence-corrected chi connectivity index (χ4v) is 5.53. The summed E-state index contributed by atoms with van der Waals surface area (Å²) in [7, 11) is 0. The molecular weight excluding hydrogens is 566 g/mol. The summed E-state index contributed by atoms with van der Waals surface area (Å²) in [5.41, 5.74) is 8.08. The minimum absolute atomic E-state index is 0.0923. The molecule has 2 N–H and O–H groups in total. The van der Waals surface area contributed by atoms with Gasteiger partial charge in [-0.2, -0.15) is 0 Å². The monoisotopic (exact) mass is 607 g/mol. The predicted octanol–water partition coefficient (Wildman–Crippen LogP) is 6.54. The van der Waals surface area contributed by atoms with Gasteiger partial charge in [-0.3, -0.25) is 20.4 Å². The second kappa shape index (κ2) is 14.4. The van der Waals surface area contributed by atoms with Crippen LogP contribution in [0.2, 0.25) is 0 Å². The molecule has 0 aliphatic carbocycles. The number of carbonyl (C=O) groups is 3. The fourth-order valence-electron chi connectivity index (χ4n) is 5.53. The molecule has 1 heterocycles. The van der Waals surface area contributed by atoms with Crippen molar-refractivity contribution in [1.29, 1.82) is 0 Å². The number of aryl methyl sites for hydroxylation is 1. The summed E-state index contributed by atoms with van der Waals surface area (Å²) < 4.78 is 12.2. The molecule has 3 amide bonds. The van der Waals surface area contributed by atoms with Gasteiger partial charge in [-0.05, 0) is 79.3 Å². The van der Waals surface area contributed by atoms with Crippen LogP contribution in [0, 0.1) is 0 Å². The topological polar surface area (TPSA) is 97.0 Å². The van der Waals surface area contributed by atoms with E-state index in [1.54, 1.807) is 29.2 Å². The van der Waals surface area contributed by atoms with E-state index in [2.05, 4.69) is 53.3 Å². The highest BCUT2D eigenvalue weighted by atomic mass is 16.6. The maximum absolute atomic E-state index is 12.9. The summed E-state index contributed by atoms with van der Waals surface area (Å²) in [5, 5.41) is 2.35.